The SMILES string of the molecule is COc1cc(N2CCNCC2C)c(OC)cc1Cl. The van der Waals surface area contributed by atoms with Gasteiger partial charge in [0.15, 0.2) is 0 Å². The highest BCUT2D eigenvalue weighted by Crippen LogP contribution is 2.38. The zero-order valence-corrected chi connectivity index (χ0v) is 11.8. The lowest BCUT2D eigenvalue weighted by molar-refractivity contribution is 0.399. The Morgan fingerprint density at radius 1 is 1.28 bits per heavy atom. The molecule has 0 saturated carbocycles. The molecule has 5 heteroatoms. The van der Waals surface area contributed by atoms with Crippen molar-refractivity contribution in [3.8, 4) is 11.5 Å². The van der Waals surface area contributed by atoms with Crippen molar-refractivity contribution in [2.45, 2.75) is 13.0 Å². The topological polar surface area (TPSA) is 33.7 Å². The van der Waals surface area contributed by atoms with Crippen molar-refractivity contribution in [1.82, 2.24) is 5.32 Å². The number of hydrogen-bond donors (Lipinski definition) is 1. The zero-order chi connectivity index (χ0) is 13.1. The molecule has 1 unspecified atom stereocenters. The number of ether oxygens (including phenoxy) is 2. The molecule has 1 aliphatic rings. The minimum atomic E-state index is 0.415. The monoisotopic (exact) mass is 270 g/mol. The van der Waals surface area contributed by atoms with Crippen LogP contribution in [0, 0.1) is 0 Å². The van der Waals surface area contributed by atoms with Crippen LogP contribution in [0.25, 0.3) is 0 Å². The van der Waals surface area contributed by atoms with Gasteiger partial charge in [-0.15, -0.1) is 0 Å². The van der Waals surface area contributed by atoms with E-state index < -0.39 is 0 Å². The van der Waals surface area contributed by atoms with Crippen molar-refractivity contribution in [1.29, 1.82) is 0 Å². The lowest BCUT2D eigenvalue weighted by atomic mass is 10.1. The Kier molecular flexibility index (Phi) is 4.19. The van der Waals surface area contributed by atoms with Crippen LogP contribution >= 0.6 is 11.6 Å². The summed E-state index contributed by atoms with van der Waals surface area (Å²) < 4.78 is 10.7. The quantitative estimate of drug-likeness (QED) is 0.913. The van der Waals surface area contributed by atoms with Crippen LogP contribution in [-0.4, -0.2) is 39.9 Å². The first kappa shape index (κ1) is 13.3. The molecule has 1 saturated heterocycles. The summed E-state index contributed by atoms with van der Waals surface area (Å²) in [6.07, 6.45) is 0. The van der Waals surface area contributed by atoms with E-state index in [1.807, 2.05) is 12.1 Å². The van der Waals surface area contributed by atoms with Gasteiger partial charge in [-0.2, -0.15) is 0 Å². The highest BCUT2D eigenvalue weighted by molar-refractivity contribution is 6.32. The second-order valence-electron chi connectivity index (χ2n) is 4.41. The van der Waals surface area contributed by atoms with E-state index in [9.17, 15) is 0 Å². The molecule has 1 fully saturated rings. The summed E-state index contributed by atoms with van der Waals surface area (Å²) in [6.45, 7) is 5.07. The van der Waals surface area contributed by atoms with Crippen LogP contribution in [0.4, 0.5) is 5.69 Å². The average Bonchev–Trinajstić information content (AvgIpc) is 2.39. The maximum absolute atomic E-state index is 6.12. The third kappa shape index (κ3) is 2.49. The Balaban J connectivity index is 2.40. The molecular weight excluding hydrogens is 252 g/mol. The first-order valence-electron chi connectivity index (χ1n) is 6.06. The number of benzene rings is 1. The second kappa shape index (κ2) is 5.67. The number of nitrogens with zero attached hydrogens (tertiary/aromatic N) is 1. The maximum atomic E-state index is 6.12. The minimum Gasteiger partial charge on any atom is -0.495 e. The molecule has 18 heavy (non-hydrogen) atoms. The number of hydrogen-bond acceptors (Lipinski definition) is 4. The van der Waals surface area contributed by atoms with Gasteiger partial charge in [0.1, 0.15) is 11.5 Å². The largest absolute Gasteiger partial charge is 0.495 e. The van der Waals surface area contributed by atoms with Crippen molar-refractivity contribution in [2.24, 2.45) is 0 Å². The fourth-order valence-corrected chi connectivity index (χ4v) is 2.50. The number of anilines is 1. The van der Waals surface area contributed by atoms with Crippen LogP contribution in [0.2, 0.25) is 5.02 Å². The van der Waals surface area contributed by atoms with Crippen LogP contribution in [-0.2, 0) is 0 Å². The van der Waals surface area contributed by atoms with Gasteiger partial charge < -0.3 is 19.7 Å². The molecule has 0 amide bonds. The van der Waals surface area contributed by atoms with E-state index in [1.165, 1.54) is 0 Å². The van der Waals surface area contributed by atoms with Crippen molar-refractivity contribution in [3.05, 3.63) is 17.2 Å². The summed E-state index contributed by atoms with van der Waals surface area (Å²) in [6, 6.07) is 4.17. The first-order chi connectivity index (χ1) is 8.67. The number of methoxy groups -OCH3 is 2. The Hall–Kier alpha value is -1.13. The van der Waals surface area contributed by atoms with E-state index >= 15 is 0 Å². The predicted molar refractivity (Wildman–Crippen MR) is 74.2 cm³/mol. The van der Waals surface area contributed by atoms with Gasteiger partial charge in [0.25, 0.3) is 0 Å². The highest BCUT2D eigenvalue weighted by Gasteiger charge is 2.22. The van der Waals surface area contributed by atoms with Gasteiger partial charge in [-0.3, -0.25) is 0 Å². The Morgan fingerprint density at radius 3 is 2.61 bits per heavy atom. The molecule has 4 nitrogen and oxygen atoms in total. The zero-order valence-electron chi connectivity index (χ0n) is 11.0. The predicted octanol–water partition coefficient (Wildman–Crippen LogP) is 2.16. The van der Waals surface area contributed by atoms with Gasteiger partial charge in [-0.05, 0) is 6.92 Å². The molecule has 0 radical (unpaired) electrons. The summed E-state index contributed by atoms with van der Waals surface area (Å²) in [5.74, 6) is 1.47. The fourth-order valence-electron chi connectivity index (χ4n) is 2.27. The van der Waals surface area contributed by atoms with Crippen molar-refractivity contribution in [3.63, 3.8) is 0 Å². The number of rotatable bonds is 3. The summed E-state index contributed by atoms with van der Waals surface area (Å²) in [5.41, 5.74) is 1.03. The van der Waals surface area contributed by atoms with Crippen LogP contribution < -0.4 is 19.7 Å². The summed E-state index contributed by atoms with van der Waals surface area (Å²) in [5, 5.41) is 3.94. The van der Waals surface area contributed by atoms with Crippen LogP contribution in [0.15, 0.2) is 12.1 Å². The molecule has 2 rings (SSSR count). The third-order valence-electron chi connectivity index (χ3n) is 3.26. The summed E-state index contributed by atoms with van der Waals surface area (Å²) >= 11 is 6.12. The lowest BCUT2D eigenvalue weighted by Crippen LogP contribution is -2.50. The van der Waals surface area contributed by atoms with Crippen LogP contribution in [0.3, 0.4) is 0 Å². The van der Waals surface area contributed by atoms with Crippen molar-refractivity contribution >= 4 is 17.3 Å². The van der Waals surface area contributed by atoms with Gasteiger partial charge in [0.05, 0.1) is 24.9 Å². The van der Waals surface area contributed by atoms with Gasteiger partial charge >= 0.3 is 0 Å². The average molecular weight is 271 g/mol. The first-order valence-corrected chi connectivity index (χ1v) is 6.44. The normalized spacial score (nSPS) is 19.8. The maximum Gasteiger partial charge on any atom is 0.143 e. The van der Waals surface area contributed by atoms with E-state index in [-0.39, 0.29) is 0 Å². The third-order valence-corrected chi connectivity index (χ3v) is 3.56. The Bertz CT molecular complexity index is 426. The van der Waals surface area contributed by atoms with E-state index in [0.29, 0.717) is 16.8 Å². The van der Waals surface area contributed by atoms with Gasteiger partial charge in [-0.25, -0.2) is 0 Å². The fraction of sp³-hybridized carbons (Fsp3) is 0.538. The molecule has 0 spiro atoms. The van der Waals surface area contributed by atoms with Crippen molar-refractivity contribution < 1.29 is 9.47 Å². The van der Waals surface area contributed by atoms with E-state index in [2.05, 4.69) is 17.1 Å². The van der Waals surface area contributed by atoms with Crippen LogP contribution in [0.5, 0.6) is 11.5 Å². The Labute approximate surface area is 113 Å². The van der Waals surface area contributed by atoms with Gasteiger partial charge in [0, 0.05) is 37.8 Å². The molecular formula is C13H19ClN2O2. The molecule has 0 aliphatic carbocycles. The molecule has 1 aromatic carbocycles. The summed E-state index contributed by atoms with van der Waals surface area (Å²) in [7, 11) is 3.28. The van der Waals surface area contributed by atoms with E-state index in [1.54, 1.807) is 14.2 Å². The molecule has 1 heterocycles. The smallest absolute Gasteiger partial charge is 0.143 e. The summed E-state index contributed by atoms with van der Waals surface area (Å²) in [4.78, 5) is 2.31. The lowest BCUT2D eigenvalue weighted by Gasteiger charge is -2.36. The van der Waals surface area contributed by atoms with Crippen LogP contribution in [0.1, 0.15) is 6.92 Å². The molecule has 0 bridgehead atoms. The van der Waals surface area contributed by atoms with Gasteiger partial charge in [0.2, 0.25) is 0 Å². The molecule has 0 aromatic heterocycles. The number of halogens is 1. The highest BCUT2D eigenvalue weighted by atomic mass is 35.5. The molecule has 100 valence electrons. The number of nitrogens with one attached hydrogen (secondary N) is 1. The standard InChI is InChI=1S/C13H19ClN2O2/c1-9-8-15-4-5-16(9)11-7-12(17-2)10(14)6-13(11)18-3/h6-7,9,15H,4-5,8H2,1-3H3. The minimum absolute atomic E-state index is 0.415. The Morgan fingerprint density at radius 2 is 2.00 bits per heavy atom. The van der Waals surface area contributed by atoms with Crippen molar-refractivity contribution in [2.75, 3.05) is 38.8 Å². The molecule has 1 aliphatic heterocycles. The second-order valence-corrected chi connectivity index (χ2v) is 4.81. The van der Waals surface area contributed by atoms with E-state index in [0.717, 1.165) is 31.1 Å². The molecule has 1 aromatic rings. The molecule has 1 atom stereocenters. The van der Waals surface area contributed by atoms with Gasteiger partial charge in [-0.1, -0.05) is 11.6 Å². The molecule has 1 N–H and O–H groups in total. The number of piperazine rings is 1. The van der Waals surface area contributed by atoms with E-state index in [4.69, 9.17) is 21.1 Å².